The first-order valence-corrected chi connectivity index (χ1v) is 14.1. The van der Waals surface area contributed by atoms with Crippen LogP contribution in [0.15, 0.2) is 54.6 Å². The van der Waals surface area contributed by atoms with Crippen LogP contribution in [0.2, 0.25) is 0 Å². The summed E-state index contributed by atoms with van der Waals surface area (Å²) in [6.45, 7) is -0.362. The number of sulfone groups is 1. The van der Waals surface area contributed by atoms with E-state index in [1.165, 1.54) is 5.56 Å². The first-order chi connectivity index (χ1) is 16.4. The predicted octanol–water partition coefficient (Wildman–Crippen LogP) is 3.98. The summed E-state index contributed by atoms with van der Waals surface area (Å²) < 4.78 is 29.6. The van der Waals surface area contributed by atoms with Gasteiger partial charge in [-0.3, -0.25) is 4.79 Å². The van der Waals surface area contributed by atoms with Crippen molar-refractivity contribution in [1.82, 2.24) is 4.90 Å². The van der Waals surface area contributed by atoms with Crippen molar-refractivity contribution in [2.24, 2.45) is 0 Å². The van der Waals surface area contributed by atoms with Crippen LogP contribution in [-0.2, 0) is 32.2 Å². The topological polar surface area (TPSA) is 80.8 Å². The molecule has 1 unspecified atom stereocenters. The summed E-state index contributed by atoms with van der Waals surface area (Å²) in [5, 5.41) is 0. The summed E-state index contributed by atoms with van der Waals surface area (Å²) in [7, 11) is -3.12. The second-order valence-electron chi connectivity index (χ2n) is 9.37. The summed E-state index contributed by atoms with van der Waals surface area (Å²) >= 11 is 0. The smallest absolute Gasteiger partial charge is 0.338 e. The Kier molecular flexibility index (Phi) is 8.03. The molecular formula is C27H33NO5S. The molecule has 0 bridgehead atoms. The lowest BCUT2D eigenvalue weighted by Gasteiger charge is -2.38. The average molecular weight is 484 g/mol. The van der Waals surface area contributed by atoms with Crippen molar-refractivity contribution >= 4 is 21.7 Å². The van der Waals surface area contributed by atoms with Crippen molar-refractivity contribution in [3.8, 4) is 0 Å². The number of benzene rings is 2. The van der Waals surface area contributed by atoms with Gasteiger partial charge in [0.05, 0.1) is 17.1 Å². The third kappa shape index (κ3) is 6.26. The molecule has 2 fully saturated rings. The number of aryl methyl sites for hydroxylation is 2. The van der Waals surface area contributed by atoms with E-state index in [-0.39, 0.29) is 36.1 Å². The molecule has 1 saturated heterocycles. The Morgan fingerprint density at radius 1 is 0.853 bits per heavy atom. The second kappa shape index (κ2) is 11.2. The van der Waals surface area contributed by atoms with Gasteiger partial charge in [-0.05, 0) is 49.3 Å². The zero-order valence-electron chi connectivity index (χ0n) is 19.5. The van der Waals surface area contributed by atoms with Gasteiger partial charge in [-0.2, -0.15) is 0 Å². The Bertz CT molecular complexity index is 1090. The molecule has 1 saturated carbocycles. The summed E-state index contributed by atoms with van der Waals surface area (Å²) in [5.74, 6) is -0.683. The van der Waals surface area contributed by atoms with E-state index in [1.807, 2.05) is 30.3 Å². The van der Waals surface area contributed by atoms with Crippen molar-refractivity contribution in [3.63, 3.8) is 0 Å². The van der Waals surface area contributed by atoms with Crippen molar-refractivity contribution in [2.75, 3.05) is 18.1 Å². The maximum absolute atomic E-state index is 13.2. The molecule has 1 aliphatic carbocycles. The van der Waals surface area contributed by atoms with Gasteiger partial charge in [0.25, 0.3) is 5.91 Å². The SMILES string of the molecule is O=C(OCC(=O)N(C1CCCCC1)C1CCS(=O)(=O)C1)c1ccccc1CCc1ccccc1. The minimum absolute atomic E-state index is 0.00546. The second-order valence-corrected chi connectivity index (χ2v) is 11.6. The lowest BCUT2D eigenvalue weighted by atomic mass is 9.93. The number of carbonyl (C=O) groups excluding carboxylic acids is 2. The van der Waals surface area contributed by atoms with Crippen LogP contribution in [0.3, 0.4) is 0 Å². The number of hydrogen-bond acceptors (Lipinski definition) is 5. The molecule has 2 aromatic carbocycles. The molecule has 0 spiro atoms. The Morgan fingerprint density at radius 3 is 2.26 bits per heavy atom. The Balaban J connectivity index is 1.41. The van der Waals surface area contributed by atoms with Crippen molar-refractivity contribution < 1.29 is 22.7 Å². The van der Waals surface area contributed by atoms with Crippen LogP contribution in [0.25, 0.3) is 0 Å². The molecule has 4 rings (SSSR count). The van der Waals surface area contributed by atoms with Gasteiger partial charge in [0, 0.05) is 12.1 Å². The van der Waals surface area contributed by atoms with E-state index < -0.39 is 15.8 Å². The Morgan fingerprint density at radius 2 is 1.56 bits per heavy atom. The molecule has 182 valence electrons. The van der Waals surface area contributed by atoms with Crippen molar-refractivity contribution in [3.05, 3.63) is 71.3 Å². The van der Waals surface area contributed by atoms with E-state index in [2.05, 4.69) is 12.1 Å². The van der Waals surface area contributed by atoms with E-state index >= 15 is 0 Å². The summed E-state index contributed by atoms with van der Waals surface area (Å²) in [4.78, 5) is 27.9. The van der Waals surface area contributed by atoms with E-state index in [9.17, 15) is 18.0 Å². The summed E-state index contributed by atoms with van der Waals surface area (Å²) in [5.41, 5.74) is 2.55. The molecule has 7 heteroatoms. The molecule has 1 heterocycles. The lowest BCUT2D eigenvalue weighted by molar-refractivity contribution is -0.140. The number of ether oxygens (including phenoxy) is 1. The number of esters is 1. The summed E-state index contributed by atoms with van der Waals surface area (Å²) in [6.07, 6.45) is 6.90. The zero-order valence-corrected chi connectivity index (χ0v) is 20.3. The van der Waals surface area contributed by atoms with Gasteiger partial charge in [-0.1, -0.05) is 67.8 Å². The molecule has 34 heavy (non-hydrogen) atoms. The van der Waals surface area contributed by atoms with E-state index in [1.54, 1.807) is 17.0 Å². The molecule has 2 aliphatic rings. The van der Waals surface area contributed by atoms with Gasteiger partial charge in [-0.25, -0.2) is 13.2 Å². The third-order valence-electron chi connectivity index (χ3n) is 6.95. The van der Waals surface area contributed by atoms with Crippen LogP contribution in [0.1, 0.15) is 60.0 Å². The van der Waals surface area contributed by atoms with E-state index in [0.29, 0.717) is 18.4 Å². The fraction of sp³-hybridized carbons (Fsp3) is 0.481. The summed E-state index contributed by atoms with van der Waals surface area (Å²) in [6, 6.07) is 17.1. The Labute approximate surface area is 202 Å². The van der Waals surface area contributed by atoms with Gasteiger partial charge in [0.15, 0.2) is 16.4 Å². The quantitative estimate of drug-likeness (QED) is 0.531. The standard InChI is InChI=1S/C27H33NO5S/c29-26(28(23-12-5-2-6-13-23)24-17-18-34(31,32)20-24)19-33-27(30)25-14-8-7-11-22(25)16-15-21-9-3-1-4-10-21/h1,3-4,7-11,14,23-24H,2,5-6,12-13,15-20H2. The highest BCUT2D eigenvalue weighted by Gasteiger charge is 2.38. The number of rotatable bonds is 8. The normalized spacial score (nSPS) is 20.1. The highest BCUT2D eigenvalue weighted by atomic mass is 32.2. The van der Waals surface area contributed by atoms with Crippen molar-refractivity contribution in [2.45, 2.75) is 63.5 Å². The first-order valence-electron chi connectivity index (χ1n) is 12.2. The fourth-order valence-electron chi connectivity index (χ4n) is 5.20. The molecule has 0 aromatic heterocycles. The molecule has 1 aliphatic heterocycles. The molecule has 6 nitrogen and oxygen atoms in total. The van der Waals surface area contributed by atoms with Gasteiger partial charge >= 0.3 is 5.97 Å². The van der Waals surface area contributed by atoms with Gasteiger partial charge in [0.2, 0.25) is 0 Å². The largest absolute Gasteiger partial charge is 0.452 e. The molecule has 0 N–H and O–H groups in total. The van der Waals surface area contributed by atoms with Crippen LogP contribution in [-0.4, -0.2) is 55.4 Å². The average Bonchev–Trinajstić information content (AvgIpc) is 3.21. The van der Waals surface area contributed by atoms with Crippen LogP contribution >= 0.6 is 0 Å². The maximum Gasteiger partial charge on any atom is 0.338 e. The molecule has 1 atom stereocenters. The number of hydrogen-bond donors (Lipinski definition) is 0. The van der Waals surface area contributed by atoms with Gasteiger partial charge in [-0.15, -0.1) is 0 Å². The highest BCUT2D eigenvalue weighted by Crippen LogP contribution is 2.28. The number of nitrogens with zero attached hydrogens (tertiary/aromatic N) is 1. The van der Waals surface area contributed by atoms with Crippen LogP contribution < -0.4 is 0 Å². The van der Waals surface area contributed by atoms with E-state index in [4.69, 9.17) is 4.74 Å². The third-order valence-corrected chi connectivity index (χ3v) is 8.70. The predicted molar refractivity (Wildman–Crippen MR) is 131 cm³/mol. The van der Waals surface area contributed by atoms with E-state index in [0.717, 1.165) is 44.1 Å². The molecule has 2 aromatic rings. The fourth-order valence-corrected chi connectivity index (χ4v) is 6.91. The Hall–Kier alpha value is -2.67. The highest BCUT2D eigenvalue weighted by molar-refractivity contribution is 7.91. The molecular weight excluding hydrogens is 450 g/mol. The minimum Gasteiger partial charge on any atom is -0.452 e. The lowest BCUT2D eigenvalue weighted by Crippen LogP contribution is -2.50. The number of carbonyl (C=O) groups is 2. The molecule has 1 amide bonds. The van der Waals surface area contributed by atoms with Gasteiger partial charge in [0.1, 0.15) is 0 Å². The zero-order chi connectivity index (χ0) is 24.0. The van der Waals surface area contributed by atoms with Crippen LogP contribution in [0.4, 0.5) is 0 Å². The van der Waals surface area contributed by atoms with Gasteiger partial charge < -0.3 is 9.64 Å². The van der Waals surface area contributed by atoms with Crippen molar-refractivity contribution in [1.29, 1.82) is 0 Å². The first kappa shape index (κ1) is 24.5. The van der Waals surface area contributed by atoms with Crippen LogP contribution in [0, 0.1) is 0 Å². The minimum atomic E-state index is -3.12. The number of amides is 1. The maximum atomic E-state index is 13.2. The molecule has 0 radical (unpaired) electrons. The monoisotopic (exact) mass is 483 g/mol. The van der Waals surface area contributed by atoms with Crippen LogP contribution in [0.5, 0.6) is 0 Å².